The Morgan fingerprint density at radius 1 is 1.00 bits per heavy atom. The average molecular weight is 278 g/mol. The molecule has 0 aromatic heterocycles. The van der Waals surface area contributed by atoms with Gasteiger partial charge in [-0.25, -0.2) is 5.01 Å². The van der Waals surface area contributed by atoms with Gasteiger partial charge in [-0.05, 0) is 11.1 Å². The zero-order valence-corrected chi connectivity index (χ0v) is 12.2. The Morgan fingerprint density at radius 2 is 1.57 bits per heavy atom. The fourth-order valence-electron chi connectivity index (χ4n) is 2.91. The van der Waals surface area contributed by atoms with Gasteiger partial charge in [0, 0.05) is 12.8 Å². The van der Waals surface area contributed by atoms with Gasteiger partial charge < -0.3 is 0 Å². The fourth-order valence-corrected chi connectivity index (χ4v) is 2.91. The van der Waals surface area contributed by atoms with Crippen molar-refractivity contribution in [1.29, 1.82) is 0 Å². The largest absolute Gasteiger partial charge is 0.273 e. The number of nitrogens with zero attached hydrogens (tertiary/aromatic N) is 2. The molecule has 3 rings (SSSR count). The highest BCUT2D eigenvalue weighted by Gasteiger charge is 2.37. The van der Waals surface area contributed by atoms with Crippen LogP contribution in [0, 0.1) is 5.92 Å². The van der Waals surface area contributed by atoms with Crippen LogP contribution in [0.25, 0.3) is 0 Å². The molecule has 1 aliphatic heterocycles. The lowest BCUT2D eigenvalue weighted by Crippen LogP contribution is -2.27. The van der Waals surface area contributed by atoms with E-state index < -0.39 is 0 Å². The normalized spacial score (nSPS) is 21.2. The number of carbonyl (C=O) groups is 1. The summed E-state index contributed by atoms with van der Waals surface area (Å²) in [6, 6.07) is 20.1. The first-order valence-corrected chi connectivity index (χ1v) is 7.17. The molecular formula is C18H18N2O. The number of hydrogen-bond acceptors (Lipinski definition) is 2. The third-order valence-electron chi connectivity index (χ3n) is 3.92. The molecule has 3 nitrogen and oxygen atoms in total. The van der Waals surface area contributed by atoms with Crippen molar-refractivity contribution < 1.29 is 4.79 Å². The first-order valence-electron chi connectivity index (χ1n) is 7.17. The summed E-state index contributed by atoms with van der Waals surface area (Å²) in [6.07, 6.45) is 0. The van der Waals surface area contributed by atoms with Gasteiger partial charge in [-0.2, -0.15) is 5.10 Å². The van der Waals surface area contributed by atoms with E-state index in [0.29, 0.717) is 0 Å². The van der Waals surface area contributed by atoms with Gasteiger partial charge in [-0.1, -0.05) is 67.6 Å². The van der Waals surface area contributed by atoms with E-state index in [9.17, 15) is 4.79 Å². The molecule has 0 radical (unpaired) electrons. The zero-order chi connectivity index (χ0) is 14.8. The van der Waals surface area contributed by atoms with Gasteiger partial charge >= 0.3 is 0 Å². The van der Waals surface area contributed by atoms with E-state index >= 15 is 0 Å². The second-order valence-corrected chi connectivity index (χ2v) is 5.36. The van der Waals surface area contributed by atoms with Crippen molar-refractivity contribution in [3.05, 3.63) is 71.8 Å². The van der Waals surface area contributed by atoms with Gasteiger partial charge in [0.1, 0.15) is 0 Å². The van der Waals surface area contributed by atoms with Gasteiger partial charge in [0.2, 0.25) is 5.91 Å². The molecule has 1 heterocycles. The summed E-state index contributed by atoms with van der Waals surface area (Å²) in [7, 11) is 0. The van der Waals surface area contributed by atoms with Crippen LogP contribution in [0.15, 0.2) is 65.8 Å². The number of hydrogen-bond donors (Lipinski definition) is 0. The predicted octanol–water partition coefficient (Wildman–Crippen LogP) is 3.63. The smallest absolute Gasteiger partial charge is 0.240 e. The van der Waals surface area contributed by atoms with Crippen molar-refractivity contribution in [2.75, 3.05) is 0 Å². The molecule has 0 aliphatic carbocycles. The van der Waals surface area contributed by atoms with Crippen LogP contribution in [0.3, 0.4) is 0 Å². The van der Waals surface area contributed by atoms with Crippen LogP contribution in [0.2, 0.25) is 0 Å². The topological polar surface area (TPSA) is 32.7 Å². The average Bonchev–Trinajstić information content (AvgIpc) is 2.87. The van der Waals surface area contributed by atoms with E-state index in [1.807, 2.05) is 48.5 Å². The Bertz CT molecular complexity index is 664. The van der Waals surface area contributed by atoms with Gasteiger partial charge in [0.15, 0.2) is 0 Å². The van der Waals surface area contributed by atoms with Crippen molar-refractivity contribution in [3.63, 3.8) is 0 Å². The van der Waals surface area contributed by atoms with E-state index in [-0.39, 0.29) is 17.9 Å². The summed E-state index contributed by atoms with van der Waals surface area (Å²) in [6.45, 7) is 3.70. The molecular weight excluding hydrogens is 260 g/mol. The molecule has 106 valence electrons. The lowest BCUT2D eigenvalue weighted by Gasteiger charge is -2.24. The number of rotatable bonds is 2. The van der Waals surface area contributed by atoms with E-state index in [1.165, 1.54) is 0 Å². The minimum absolute atomic E-state index is 0.0263. The van der Waals surface area contributed by atoms with E-state index in [1.54, 1.807) is 11.9 Å². The minimum Gasteiger partial charge on any atom is -0.273 e. The maximum absolute atomic E-state index is 12.0. The molecule has 0 N–H and O–H groups in total. The minimum atomic E-state index is -0.0288. The molecule has 0 unspecified atom stereocenters. The third kappa shape index (κ3) is 2.47. The SMILES string of the molecule is CC(=O)N1N=C(c2ccccc2)[C@@H](C)[C@@H]1c1ccccc1. The van der Waals surface area contributed by atoms with Gasteiger partial charge in [-0.15, -0.1) is 0 Å². The summed E-state index contributed by atoms with van der Waals surface area (Å²) in [5.74, 6) is 0.139. The molecule has 2 aromatic carbocycles. The molecule has 0 bridgehead atoms. The Morgan fingerprint density at radius 3 is 2.14 bits per heavy atom. The number of carbonyl (C=O) groups excluding carboxylic acids is 1. The molecule has 0 spiro atoms. The Hall–Kier alpha value is -2.42. The molecule has 2 aromatic rings. The van der Waals surface area contributed by atoms with E-state index in [0.717, 1.165) is 16.8 Å². The van der Waals surface area contributed by atoms with Crippen LogP contribution >= 0.6 is 0 Å². The van der Waals surface area contributed by atoms with Crippen molar-refractivity contribution in [3.8, 4) is 0 Å². The fraction of sp³-hybridized carbons (Fsp3) is 0.222. The predicted molar refractivity (Wildman–Crippen MR) is 83.8 cm³/mol. The zero-order valence-electron chi connectivity index (χ0n) is 12.2. The summed E-state index contributed by atoms with van der Waals surface area (Å²) in [5.41, 5.74) is 3.17. The first-order chi connectivity index (χ1) is 10.2. The van der Waals surface area contributed by atoms with Crippen LogP contribution in [-0.4, -0.2) is 16.6 Å². The van der Waals surface area contributed by atoms with E-state index in [2.05, 4.69) is 24.2 Å². The third-order valence-corrected chi connectivity index (χ3v) is 3.92. The van der Waals surface area contributed by atoms with E-state index in [4.69, 9.17) is 0 Å². The number of hydrazone groups is 1. The van der Waals surface area contributed by atoms with Crippen molar-refractivity contribution in [1.82, 2.24) is 5.01 Å². The monoisotopic (exact) mass is 278 g/mol. The lowest BCUT2D eigenvalue weighted by atomic mass is 9.88. The summed E-state index contributed by atoms with van der Waals surface area (Å²) < 4.78 is 0. The van der Waals surface area contributed by atoms with Crippen LogP contribution in [0.5, 0.6) is 0 Å². The quantitative estimate of drug-likeness (QED) is 0.825. The number of amides is 1. The van der Waals surface area contributed by atoms with Crippen LogP contribution < -0.4 is 0 Å². The molecule has 0 fully saturated rings. The van der Waals surface area contributed by atoms with Crippen molar-refractivity contribution >= 4 is 11.6 Å². The number of benzene rings is 2. The van der Waals surface area contributed by atoms with Crippen molar-refractivity contribution in [2.45, 2.75) is 19.9 Å². The second kappa shape index (κ2) is 5.52. The molecule has 21 heavy (non-hydrogen) atoms. The van der Waals surface area contributed by atoms with Crippen LogP contribution in [0.1, 0.15) is 31.0 Å². The highest BCUT2D eigenvalue weighted by molar-refractivity contribution is 6.04. The molecule has 0 saturated carbocycles. The summed E-state index contributed by atoms with van der Waals surface area (Å²) >= 11 is 0. The Kier molecular flexibility index (Phi) is 3.57. The first kappa shape index (κ1) is 13.6. The highest BCUT2D eigenvalue weighted by Crippen LogP contribution is 2.37. The second-order valence-electron chi connectivity index (χ2n) is 5.36. The summed E-state index contributed by atoms with van der Waals surface area (Å²) in [5, 5.41) is 6.21. The molecule has 1 amide bonds. The van der Waals surface area contributed by atoms with Gasteiger partial charge in [0.25, 0.3) is 0 Å². The molecule has 1 aliphatic rings. The summed E-state index contributed by atoms with van der Waals surface area (Å²) in [4.78, 5) is 12.0. The Labute approximate surface area is 124 Å². The van der Waals surface area contributed by atoms with Crippen molar-refractivity contribution in [2.24, 2.45) is 11.0 Å². The molecule has 0 saturated heterocycles. The van der Waals surface area contributed by atoms with Crippen LogP contribution in [0.4, 0.5) is 0 Å². The highest BCUT2D eigenvalue weighted by atomic mass is 16.2. The van der Waals surface area contributed by atoms with Crippen LogP contribution in [-0.2, 0) is 4.79 Å². The standard InChI is InChI=1S/C18H18N2O/c1-13-17(15-9-5-3-6-10-15)19-20(14(2)21)18(13)16-11-7-4-8-12-16/h3-13,18H,1-2H3/t13-,18-/m1/s1. The maximum Gasteiger partial charge on any atom is 0.240 e. The Balaban J connectivity index is 2.02. The lowest BCUT2D eigenvalue weighted by molar-refractivity contribution is -0.131. The molecule has 3 heteroatoms. The van der Waals surface area contributed by atoms with Gasteiger partial charge in [-0.3, -0.25) is 4.79 Å². The van der Waals surface area contributed by atoms with Gasteiger partial charge in [0.05, 0.1) is 11.8 Å². The maximum atomic E-state index is 12.0. The molecule has 2 atom stereocenters.